The van der Waals surface area contributed by atoms with E-state index in [0.717, 1.165) is 0 Å². The van der Waals surface area contributed by atoms with Crippen molar-refractivity contribution < 1.29 is 22.8 Å². The number of ketones is 2. The molecule has 0 atom stereocenters. The predicted molar refractivity (Wildman–Crippen MR) is 59.3 cm³/mol. The molecule has 0 saturated carbocycles. The highest BCUT2D eigenvalue weighted by Gasteiger charge is 2.39. The van der Waals surface area contributed by atoms with Crippen molar-refractivity contribution in [2.75, 3.05) is 0 Å². The maximum atomic E-state index is 12.0. The summed E-state index contributed by atoms with van der Waals surface area (Å²) in [6, 6.07) is 5.46. The van der Waals surface area contributed by atoms with Crippen LogP contribution < -0.4 is 0 Å². The third-order valence-electron chi connectivity index (χ3n) is 2.23. The van der Waals surface area contributed by atoms with Crippen molar-refractivity contribution in [3.05, 3.63) is 45.8 Å². The summed E-state index contributed by atoms with van der Waals surface area (Å²) >= 11 is 0. The molecule has 0 radical (unpaired) electrons. The SMILES string of the molecule is [N-]=[N+]=NCc1ccc(C(=O)CC(=O)C(F)(F)F)cc1. The van der Waals surface area contributed by atoms with Crippen molar-refractivity contribution in [2.24, 2.45) is 5.11 Å². The van der Waals surface area contributed by atoms with Crippen molar-refractivity contribution in [1.82, 2.24) is 0 Å². The van der Waals surface area contributed by atoms with Gasteiger partial charge >= 0.3 is 6.18 Å². The van der Waals surface area contributed by atoms with Crippen LogP contribution in [0.2, 0.25) is 0 Å². The molecule has 0 bridgehead atoms. The smallest absolute Gasteiger partial charge is 0.294 e. The highest BCUT2D eigenvalue weighted by atomic mass is 19.4. The van der Waals surface area contributed by atoms with E-state index in [9.17, 15) is 22.8 Å². The van der Waals surface area contributed by atoms with Gasteiger partial charge in [0, 0.05) is 10.5 Å². The molecule has 0 amide bonds. The van der Waals surface area contributed by atoms with Gasteiger partial charge in [-0.1, -0.05) is 29.4 Å². The van der Waals surface area contributed by atoms with Crippen LogP contribution in [-0.4, -0.2) is 17.7 Å². The van der Waals surface area contributed by atoms with Gasteiger partial charge in [-0.05, 0) is 11.1 Å². The Labute approximate surface area is 105 Å². The van der Waals surface area contributed by atoms with Crippen LogP contribution in [-0.2, 0) is 11.3 Å². The van der Waals surface area contributed by atoms with Crippen molar-refractivity contribution in [3.8, 4) is 0 Å². The summed E-state index contributed by atoms with van der Waals surface area (Å²) in [5.41, 5.74) is 8.72. The molecule has 1 aromatic rings. The molecule has 19 heavy (non-hydrogen) atoms. The second kappa shape index (κ2) is 6.01. The van der Waals surface area contributed by atoms with Gasteiger partial charge in [-0.3, -0.25) is 9.59 Å². The second-order valence-electron chi connectivity index (χ2n) is 3.61. The normalized spacial score (nSPS) is 10.7. The third kappa shape index (κ3) is 4.44. The van der Waals surface area contributed by atoms with Crippen LogP contribution in [0, 0.1) is 0 Å². The average Bonchev–Trinajstić information content (AvgIpc) is 2.35. The van der Waals surface area contributed by atoms with Gasteiger partial charge in [0.1, 0.15) is 0 Å². The number of halogens is 3. The minimum Gasteiger partial charge on any atom is -0.294 e. The molecule has 0 unspecified atom stereocenters. The number of hydrogen-bond acceptors (Lipinski definition) is 3. The Balaban J connectivity index is 2.73. The quantitative estimate of drug-likeness (QED) is 0.271. The third-order valence-corrected chi connectivity index (χ3v) is 2.23. The molecule has 1 aromatic carbocycles. The van der Waals surface area contributed by atoms with Gasteiger partial charge in [0.2, 0.25) is 5.78 Å². The van der Waals surface area contributed by atoms with E-state index in [4.69, 9.17) is 5.53 Å². The lowest BCUT2D eigenvalue weighted by Crippen LogP contribution is -2.25. The molecular formula is C11H8F3N3O2. The summed E-state index contributed by atoms with van der Waals surface area (Å²) in [6.45, 7) is 0.0758. The minimum absolute atomic E-state index is 0.00212. The summed E-state index contributed by atoms with van der Waals surface area (Å²) in [5.74, 6) is -2.98. The average molecular weight is 271 g/mol. The van der Waals surface area contributed by atoms with Crippen LogP contribution in [0.3, 0.4) is 0 Å². The van der Waals surface area contributed by atoms with Crippen LogP contribution in [0.4, 0.5) is 13.2 Å². The lowest BCUT2D eigenvalue weighted by atomic mass is 10.0. The van der Waals surface area contributed by atoms with Gasteiger partial charge in [0.15, 0.2) is 5.78 Å². The van der Waals surface area contributed by atoms with E-state index in [1.807, 2.05) is 0 Å². The van der Waals surface area contributed by atoms with Crippen molar-refractivity contribution in [3.63, 3.8) is 0 Å². The lowest BCUT2D eigenvalue weighted by molar-refractivity contribution is -0.170. The highest BCUT2D eigenvalue weighted by Crippen LogP contribution is 2.19. The van der Waals surface area contributed by atoms with Crippen LogP contribution in [0.5, 0.6) is 0 Å². The second-order valence-corrected chi connectivity index (χ2v) is 3.61. The maximum Gasteiger partial charge on any atom is 0.450 e. The Morgan fingerprint density at radius 3 is 2.26 bits per heavy atom. The van der Waals surface area contributed by atoms with Crippen molar-refractivity contribution in [1.29, 1.82) is 0 Å². The summed E-state index contributed by atoms with van der Waals surface area (Å²) in [4.78, 5) is 24.6. The van der Waals surface area contributed by atoms with Gasteiger partial charge in [-0.2, -0.15) is 13.2 Å². The van der Waals surface area contributed by atoms with Crippen LogP contribution in [0.25, 0.3) is 10.4 Å². The molecule has 0 N–H and O–H groups in total. The summed E-state index contributed by atoms with van der Waals surface area (Å²) in [6.07, 6.45) is -6.21. The number of hydrogen-bond donors (Lipinski definition) is 0. The Bertz CT molecular complexity index is 531. The maximum absolute atomic E-state index is 12.0. The summed E-state index contributed by atoms with van der Waals surface area (Å²) in [5, 5.41) is 3.29. The van der Waals surface area contributed by atoms with E-state index < -0.39 is 24.2 Å². The molecule has 1 rings (SSSR count). The summed E-state index contributed by atoms with van der Waals surface area (Å²) in [7, 11) is 0. The Hall–Kier alpha value is -2.34. The first-order valence-electron chi connectivity index (χ1n) is 5.07. The standard InChI is InChI=1S/C11H8F3N3O2/c12-11(13,14)10(19)5-9(18)8-3-1-7(2-4-8)6-16-17-15/h1-4H,5-6H2. The van der Waals surface area contributed by atoms with E-state index in [2.05, 4.69) is 10.0 Å². The monoisotopic (exact) mass is 271 g/mol. The molecule has 5 nitrogen and oxygen atoms in total. The lowest BCUT2D eigenvalue weighted by Gasteiger charge is -2.05. The molecule has 0 aromatic heterocycles. The molecule has 0 aliphatic heterocycles. The number of azide groups is 1. The largest absolute Gasteiger partial charge is 0.450 e. The molecule has 0 heterocycles. The Morgan fingerprint density at radius 1 is 1.21 bits per heavy atom. The molecule has 0 saturated heterocycles. The van der Waals surface area contributed by atoms with E-state index in [1.54, 1.807) is 0 Å². The number of benzene rings is 1. The number of carbonyl (C=O) groups is 2. The molecule has 0 spiro atoms. The number of carbonyl (C=O) groups excluding carboxylic acids is 2. The summed E-state index contributed by atoms with van der Waals surface area (Å²) < 4.78 is 35.9. The number of nitrogens with zero attached hydrogens (tertiary/aromatic N) is 3. The first kappa shape index (κ1) is 14.7. The van der Waals surface area contributed by atoms with E-state index >= 15 is 0 Å². The van der Waals surface area contributed by atoms with Gasteiger partial charge < -0.3 is 0 Å². The fraction of sp³-hybridized carbons (Fsp3) is 0.273. The topological polar surface area (TPSA) is 82.9 Å². The zero-order valence-electron chi connectivity index (χ0n) is 9.52. The van der Waals surface area contributed by atoms with Gasteiger partial charge in [0.25, 0.3) is 0 Å². The van der Waals surface area contributed by atoms with Crippen molar-refractivity contribution in [2.45, 2.75) is 19.1 Å². The molecule has 0 aliphatic carbocycles. The molecule has 100 valence electrons. The number of alkyl halides is 3. The molecular weight excluding hydrogens is 263 g/mol. The van der Waals surface area contributed by atoms with Gasteiger partial charge in [-0.25, -0.2) is 0 Å². The minimum atomic E-state index is -5.00. The number of Topliss-reactive ketones (excluding diaryl/α,β-unsaturated/α-hetero) is 2. The first-order valence-corrected chi connectivity index (χ1v) is 5.07. The van der Waals surface area contributed by atoms with E-state index in [-0.39, 0.29) is 12.1 Å². The Morgan fingerprint density at radius 2 is 1.79 bits per heavy atom. The molecule has 0 fully saturated rings. The van der Waals surface area contributed by atoms with E-state index in [1.165, 1.54) is 24.3 Å². The van der Waals surface area contributed by atoms with Crippen molar-refractivity contribution >= 4 is 11.6 Å². The first-order chi connectivity index (χ1) is 8.84. The highest BCUT2D eigenvalue weighted by molar-refractivity contribution is 6.09. The van der Waals surface area contributed by atoms with Crippen LogP contribution >= 0.6 is 0 Å². The zero-order valence-corrected chi connectivity index (χ0v) is 9.52. The fourth-order valence-electron chi connectivity index (χ4n) is 1.26. The number of rotatable bonds is 5. The van der Waals surface area contributed by atoms with Gasteiger partial charge in [0.05, 0.1) is 13.0 Å². The zero-order chi connectivity index (χ0) is 14.5. The fourth-order valence-corrected chi connectivity index (χ4v) is 1.26. The Kier molecular flexibility index (Phi) is 4.66. The molecule has 0 aliphatic rings. The van der Waals surface area contributed by atoms with Crippen LogP contribution in [0.1, 0.15) is 22.3 Å². The van der Waals surface area contributed by atoms with E-state index in [0.29, 0.717) is 5.56 Å². The predicted octanol–water partition coefficient (Wildman–Crippen LogP) is 3.20. The van der Waals surface area contributed by atoms with Gasteiger partial charge in [-0.15, -0.1) is 0 Å². The molecule has 8 heteroatoms. The van der Waals surface area contributed by atoms with Crippen LogP contribution in [0.15, 0.2) is 29.4 Å².